The van der Waals surface area contributed by atoms with Crippen LogP contribution in [0.15, 0.2) is 57.9 Å². The molecule has 4 aliphatic rings. The SMILES string of the molecule is COc1cc(C2CCC3(CC2)CCN(C(=O)c2ccc(C4CC(Nc5cnn(C)c(=O)c5Br)CN(C)C4)cc2)CC3)ccc1C1CCC(=O)NC1=O. The first-order valence-electron chi connectivity index (χ1n) is 18.6. The summed E-state index contributed by atoms with van der Waals surface area (Å²) in [5.41, 5.74) is 4.88. The quantitative estimate of drug-likeness (QED) is 0.300. The summed E-state index contributed by atoms with van der Waals surface area (Å²) in [6, 6.07) is 14.6. The maximum atomic E-state index is 13.6. The summed E-state index contributed by atoms with van der Waals surface area (Å²) in [6.45, 7) is 3.36. The number of aromatic nitrogens is 2. The van der Waals surface area contributed by atoms with Gasteiger partial charge in [-0.1, -0.05) is 24.3 Å². The van der Waals surface area contributed by atoms with E-state index in [1.165, 1.54) is 15.8 Å². The number of nitrogens with zero attached hydrogens (tertiary/aromatic N) is 4. The molecule has 1 aliphatic carbocycles. The molecule has 4 heterocycles. The van der Waals surface area contributed by atoms with Crippen LogP contribution in [0.2, 0.25) is 0 Å². The standard InChI is InChI=1S/C40H49BrN6O5/c1-45-23-29(20-30(24-45)43-33-22-42-46(2)39(51)36(33)41)25-4-6-27(7-5-25)38(50)47-18-16-40(17-19-47)14-12-26(13-15-40)28-8-9-31(34(21-28)52-3)32-10-11-35(48)44-37(32)49/h4-9,21-22,26,29-30,32,43H,10-20,23-24H2,1-3H3,(H,44,48,49). The molecule has 11 nitrogen and oxygen atoms in total. The Balaban J connectivity index is 0.918. The summed E-state index contributed by atoms with van der Waals surface area (Å²) >= 11 is 3.43. The van der Waals surface area contributed by atoms with Crippen LogP contribution in [-0.2, 0) is 16.6 Å². The third-order valence-electron chi connectivity index (χ3n) is 12.2. The number of hydrogen-bond acceptors (Lipinski definition) is 8. The number of likely N-dealkylation sites (N-methyl/N-ethyl adjacent to an activating group) is 1. The van der Waals surface area contributed by atoms with Gasteiger partial charge in [0, 0.05) is 56.8 Å². The number of likely N-dealkylation sites (tertiary alicyclic amines) is 2. The molecule has 0 radical (unpaired) electrons. The molecule has 3 atom stereocenters. The van der Waals surface area contributed by atoms with Gasteiger partial charge in [-0.3, -0.25) is 24.5 Å². The summed E-state index contributed by atoms with van der Waals surface area (Å²) in [6.07, 6.45) is 10.00. The minimum absolute atomic E-state index is 0.113. The first-order chi connectivity index (χ1) is 25.0. The van der Waals surface area contributed by atoms with E-state index in [-0.39, 0.29) is 40.7 Å². The van der Waals surface area contributed by atoms with Crippen molar-refractivity contribution in [3.8, 4) is 5.75 Å². The van der Waals surface area contributed by atoms with Crippen molar-refractivity contribution in [2.45, 2.75) is 81.6 Å². The smallest absolute Gasteiger partial charge is 0.282 e. The van der Waals surface area contributed by atoms with Crippen molar-refractivity contribution < 1.29 is 19.1 Å². The van der Waals surface area contributed by atoms with Crippen LogP contribution in [0.5, 0.6) is 5.75 Å². The molecule has 2 aromatic carbocycles. The highest BCUT2D eigenvalue weighted by Gasteiger charge is 2.40. The second kappa shape index (κ2) is 15.1. The molecule has 52 heavy (non-hydrogen) atoms. The molecule has 12 heteroatoms. The number of aryl methyl sites for hydroxylation is 1. The van der Waals surface area contributed by atoms with Crippen molar-refractivity contribution in [1.82, 2.24) is 24.9 Å². The van der Waals surface area contributed by atoms with Gasteiger partial charge in [-0.2, -0.15) is 5.10 Å². The average Bonchev–Trinajstić information content (AvgIpc) is 3.15. The molecule has 3 amide bonds. The molecule has 3 aromatic rings. The predicted molar refractivity (Wildman–Crippen MR) is 203 cm³/mol. The van der Waals surface area contributed by atoms with Gasteiger partial charge in [-0.25, -0.2) is 4.68 Å². The molecule has 3 saturated heterocycles. The van der Waals surface area contributed by atoms with Gasteiger partial charge in [0.15, 0.2) is 0 Å². The van der Waals surface area contributed by atoms with Crippen LogP contribution in [0.3, 0.4) is 0 Å². The topological polar surface area (TPSA) is 126 Å². The third kappa shape index (κ3) is 7.55. The lowest BCUT2D eigenvalue weighted by Crippen LogP contribution is -2.44. The Bertz CT molecular complexity index is 1880. The highest BCUT2D eigenvalue weighted by molar-refractivity contribution is 9.10. The number of nitrogens with one attached hydrogen (secondary N) is 2. The van der Waals surface area contributed by atoms with Crippen LogP contribution >= 0.6 is 15.9 Å². The average molecular weight is 774 g/mol. The van der Waals surface area contributed by atoms with Gasteiger partial charge in [0.25, 0.3) is 11.5 Å². The first-order valence-corrected chi connectivity index (χ1v) is 19.4. The van der Waals surface area contributed by atoms with Gasteiger partial charge in [0.05, 0.1) is 24.9 Å². The van der Waals surface area contributed by atoms with E-state index >= 15 is 0 Å². The minimum atomic E-state index is -0.363. The van der Waals surface area contributed by atoms with Gasteiger partial charge >= 0.3 is 0 Å². The number of methoxy groups -OCH3 is 1. The van der Waals surface area contributed by atoms with E-state index in [1.807, 2.05) is 23.1 Å². The Kier molecular flexibility index (Phi) is 10.6. The zero-order valence-electron chi connectivity index (χ0n) is 30.3. The van der Waals surface area contributed by atoms with Gasteiger partial charge in [0.2, 0.25) is 11.8 Å². The van der Waals surface area contributed by atoms with E-state index in [9.17, 15) is 19.2 Å². The molecule has 1 spiro atoms. The fourth-order valence-corrected chi connectivity index (χ4v) is 9.56. The molecule has 3 unspecified atom stereocenters. The lowest BCUT2D eigenvalue weighted by Gasteiger charge is -2.46. The Morgan fingerprint density at radius 1 is 0.942 bits per heavy atom. The number of carbonyl (C=O) groups is 3. The van der Waals surface area contributed by atoms with E-state index in [2.05, 4.69) is 67.9 Å². The Hall–Kier alpha value is -4.03. The third-order valence-corrected chi connectivity index (χ3v) is 13.0. The van der Waals surface area contributed by atoms with Crippen LogP contribution in [0, 0.1) is 5.41 Å². The largest absolute Gasteiger partial charge is 0.496 e. The number of piperidine rings is 3. The number of halogens is 1. The highest BCUT2D eigenvalue weighted by atomic mass is 79.9. The van der Waals surface area contributed by atoms with E-state index in [1.54, 1.807) is 20.4 Å². The molecule has 0 bridgehead atoms. The van der Waals surface area contributed by atoms with Gasteiger partial charge < -0.3 is 19.9 Å². The number of imide groups is 1. The predicted octanol–water partition coefficient (Wildman–Crippen LogP) is 5.55. The molecule has 7 rings (SSSR count). The Labute approximate surface area is 313 Å². The number of amides is 3. The minimum Gasteiger partial charge on any atom is -0.496 e. The van der Waals surface area contributed by atoms with E-state index < -0.39 is 0 Å². The maximum absolute atomic E-state index is 13.6. The first kappa shape index (κ1) is 36.3. The van der Waals surface area contributed by atoms with E-state index in [0.717, 1.165) is 88.0 Å². The molecular formula is C40H49BrN6O5. The van der Waals surface area contributed by atoms with Crippen molar-refractivity contribution in [2.24, 2.45) is 12.5 Å². The number of ether oxygens (including phenoxy) is 1. The van der Waals surface area contributed by atoms with Crippen molar-refractivity contribution in [2.75, 3.05) is 45.7 Å². The fourth-order valence-electron chi connectivity index (χ4n) is 9.08. The molecule has 3 aliphatic heterocycles. The lowest BCUT2D eigenvalue weighted by atomic mass is 9.64. The van der Waals surface area contributed by atoms with Gasteiger partial charge in [-0.15, -0.1) is 0 Å². The van der Waals surface area contributed by atoms with Crippen LogP contribution in [0.25, 0.3) is 0 Å². The van der Waals surface area contributed by atoms with Crippen molar-refractivity contribution in [1.29, 1.82) is 0 Å². The Morgan fingerprint density at radius 2 is 1.65 bits per heavy atom. The summed E-state index contributed by atoms with van der Waals surface area (Å²) in [7, 11) is 5.40. The van der Waals surface area contributed by atoms with Crippen molar-refractivity contribution in [3.05, 3.63) is 85.7 Å². The second-order valence-corrected chi connectivity index (χ2v) is 16.3. The number of anilines is 1. The summed E-state index contributed by atoms with van der Waals surface area (Å²) in [5.74, 6) is 0.756. The number of rotatable bonds is 7. The van der Waals surface area contributed by atoms with Crippen LogP contribution in [0.4, 0.5) is 5.69 Å². The molecule has 2 N–H and O–H groups in total. The van der Waals surface area contributed by atoms with Crippen LogP contribution in [-0.4, -0.2) is 83.7 Å². The zero-order valence-corrected chi connectivity index (χ0v) is 31.9. The Morgan fingerprint density at radius 3 is 2.35 bits per heavy atom. The summed E-state index contributed by atoms with van der Waals surface area (Å²) in [5, 5.41) is 10.2. The lowest BCUT2D eigenvalue weighted by molar-refractivity contribution is -0.134. The van der Waals surface area contributed by atoms with Gasteiger partial charge in [-0.05, 0) is 121 Å². The van der Waals surface area contributed by atoms with Crippen LogP contribution < -0.4 is 20.9 Å². The van der Waals surface area contributed by atoms with Gasteiger partial charge in [0.1, 0.15) is 10.2 Å². The fraction of sp³-hybridized carbons (Fsp3) is 0.525. The zero-order chi connectivity index (χ0) is 36.6. The second-order valence-electron chi connectivity index (χ2n) is 15.5. The number of hydrogen-bond donors (Lipinski definition) is 2. The summed E-state index contributed by atoms with van der Waals surface area (Å²) in [4.78, 5) is 54.5. The molecule has 276 valence electrons. The summed E-state index contributed by atoms with van der Waals surface area (Å²) < 4.78 is 7.55. The molecule has 4 fully saturated rings. The number of carbonyl (C=O) groups excluding carboxylic acids is 3. The molecular weight excluding hydrogens is 724 g/mol. The van der Waals surface area contributed by atoms with Crippen LogP contribution in [0.1, 0.15) is 103 Å². The maximum Gasteiger partial charge on any atom is 0.282 e. The molecule has 1 aromatic heterocycles. The van der Waals surface area contributed by atoms with E-state index in [0.29, 0.717) is 34.8 Å². The monoisotopic (exact) mass is 772 g/mol. The normalized spacial score (nSPS) is 24.1. The van der Waals surface area contributed by atoms with Crippen molar-refractivity contribution in [3.63, 3.8) is 0 Å². The molecule has 1 saturated carbocycles. The number of benzene rings is 2. The van der Waals surface area contributed by atoms with Crippen molar-refractivity contribution >= 4 is 39.3 Å². The highest BCUT2D eigenvalue weighted by Crippen LogP contribution is 2.49. The van der Waals surface area contributed by atoms with E-state index in [4.69, 9.17) is 4.74 Å².